The van der Waals surface area contributed by atoms with Gasteiger partial charge in [0.2, 0.25) is 0 Å². The zero-order valence-electron chi connectivity index (χ0n) is 14.3. The molecule has 2 aliphatic rings. The monoisotopic (exact) mass is 390 g/mol. The minimum absolute atomic E-state index is 0.264. The van der Waals surface area contributed by atoms with Crippen LogP contribution >= 0.6 is 15.9 Å². The number of rotatable bonds is 1. The summed E-state index contributed by atoms with van der Waals surface area (Å²) >= 11 is 3.57. The third kappa shape index (κ3) is 2.68. The van der Waals surface area contributed by atoms with Gasteiger partial charge in [-0.05, 0) is 73.7 Å². The lowest BCUT2D eigenvalue weighted by Gasteiger charge is -2.36. The lowest BCUT2D eigenvalue weighted by molar-refractivity contribution is 0.00707. The number of H-pyrrole nitrogens is 1. The van der Waals surface area contributed by atoms with Crippen LogP contribution in [0.1, 0.15) is 67.7 Å². The number of carbonyl (C=O) groups is 1. The maximum atomic E-state index is 12.9. The van der Waals surface area contributed by atoms with Crippen LogP contribution in [-0.2, 0) is 11.2 Å². The van der Waals surface area contributed by atoms with Gasteiger partial charge in [-0.2, -0.15) is 0 Å². The van der Waals surface area contributed by atoms with Gasteiger partial charge >= 0.3 is 5.97 Å². The van der Waals surface area contributed by atoms with Crippen molar-refractivity contribution >= 4 is 32.8 Å². The average Bonchev–Trinajstić information content (AvgIpc) is 2.83. The molecule has 0 spiro atoms. The number of carbonyl (C=O) groups excluding carboxylic acids is 1. The van der Waals surface area contributed by atoms with E-state index in [0.29, 0.717) is 17.6 Å². The maximum absolute atomic E-state index is 12.9. The van der Waals surface area contributed by atoms with E-state index in [-0.39, 0.29) is 5.97 Å². The molecule has 0 aliphatic carbocycles. The largest absolute Gasteiger partial charge is 0.456 e. The summed E-state index contributed by atoms with van der Waals surface area (Å²) in [5.74, 6) is -0.264. The summed E-state index contributed by atoms with van der Waals surface area (Å²) in [6.45, 7) is 5.70. The van der Waals surface area contributed by atoms with Gasteiger partial charge in [-0.1, -0.05) is 0 Å². The number of aromatic nitrogens is 1. The molecule has 128 valence electrons. The second kappa shape index (κ2) is 5.60. The summed E-state index contributed by atoms with van der Waals surface area (Å²) in [5, 5.41) is 4.75. The van der Waals surface area contributed by atoms with Crippen molar-refractivity contribution < 1.29 is 9.53 Å². The summed E-state index contributed by atoms with van der Waals surface area (Å²) in [6.07, 6.45) is 4.60. The van der Waals surface area contributed by atoms with Crippen LogP contribution in [0.5, 0.6) is 0 Å². The summed E-state index contributed by atoms with van der Waals surface area (Å²) in [4.78, 5) is 16.4. The highest BCUT2D eigenvalue weighted by molar-refractivity contribution is 9.10. The van der Waals surface area contributed by atoms with Crippen molar-refractivity contribution in [2.24, 2.45) is 0 Å². The second-order valence-electron chi connectivity index (χ2n) is 7.92. The minimum atomic E-state index is -0.511. The fraction of sp³-hybridized carbons (Fsp3) is 0.526. The number of ether oxygens (including phenoxy) is 1. The normalized spacial score (nSPS) is 23.2. The highest BCUT2D eigenvalue weighted by atomic mass is 79.9. The molecule has 2 aromatic rings. The molecule has 3 heterocycles. The average molecular weight is 391 g/mol. The van der Waals surface area contributed by atoms with Crippen molar-refractivity contribution in [2.45, 2.75) is 64.1 Å². The van der Waals surface area contributed by atoms with Crippen LogP contribution < -0.4 is 5.32 Å². The standard InChI is InChI=1S/C19H23BrN2O2/c1-19(2,3)24-18(23)15-11(20)7-8-13-17(15)16-12-6-4-5-10(21-12)9-14(16)22-13/h7-8,10,12,21-22H,4-6,9H2,1-3H3. The number of hydrogen-bond acceptors (Lipinski definition) is 3. The molecule has 0 saturated carbocycles. The van der Waals surface area contributed by atoms with Crippen molar-refractivity contribution in [1.29, 1.82) is 0 Å². The quantitative estimate of drug-likeness (QED) is 0.698. The van der Waals surface area contributed by atoms with Crippen molar-refractivity contribution in [3.05, 3.63) is 33.4 Å². The van der Waals surface area contributed by atoms with E-state index in [2.05, 4.69) is 32.3 Å². The van der Waals surface area contributed by atoms with E-state index in [1.807, 2.05) is 26.8 Å². The van der Waals surface area contributed by atoms with Crippen molar-refractivity contribution in [1.82, 2.24) is 10.3 Å². The molecule has 2 bridgehead atoms. The van der Waals surface area contributed by atoms with E-state index in [1.165, 1.54) is 24.1 Å². The Bertz CT molecular complexity index is 819. The molecular weight excluding hydrogens is 368 g/mol. The van der Waals surface area contributed by atoms with Gasteiger partial charge in [0.1, 0.15) is 5.60 Å². The molecule has 24 heavy (non-hydrogen) atoms. The Morgan fingerprint density at radius 3 is 2.83 bits per heavy atom. The van der Waals surface area contributed by atoms with Gasteiger partial charge in [0.15, 0.2) is 0 Å². The van der Waals surface area contributed by atoms with E-state index in [9.17, 15) is 4.79 Å². The molecule has 2 unspecified atom stereocenters. The highest BCUT2D eigenvalue weighted by Crippen LogP contribution is 2.42. The molecule has 4 rings (SSSR count). The smallest absolute Gasteiger partial charge is 0.340 e. The number of hydrogen-bond donors (Lipinski definition) is 2. The van der Waals surface area contributed by atoms with Gasteiger partial charge in [0.25, 0.3) is 0 Å². The lowest BCUT2D eigenvalue weighted by atomic mass is 9.83. The van der Waals surface area contributed by atoms with Gasteiger partial charge in [-0.25, -0.2) is 4.79 Å². The van der Waals surface area contributed by atoms with Crippen LogP contribution in [0.3, 0.4) is 0 Å². The van der Waals surface area contributed by atoms with E-state index >= 15 is 0 Å². The molecule has 5 heteroatoms. The molecule has 4 nitrogen and oxygen atoms in total. The van der Waals surface area contributed by atoms with Crippen LogP contribution in [0.4, 0.5) is 0 Å². The second-order valence-corrected chi connectivity index (χ2v) is 8.77. The number of halogens is 1. The zero-order valence-corrected chi connectivity index (χ0v) is 15.9. The highest BCUT2D eigenvalue weighted by Gasteiger charge is 2.35. The fourth-order valence-corrected chi connectivity index (χ4v) is 4.56. The summed E-state index contributed by atoms with van der Waals surface area (Å²) in [5.41, 5.74) is 3.71. The molecule has 1 saturated heterocycles. The van der Waals surface area contributed by atoms with E-state index in [0.717, 1.165) is 28.2 Å². The Balaban J connectivity index is 1.91. The van der Waals surface area contributed by atoms with Gasteiger partial charge in [0.05, 0.1) is 5.56 Å². The van der Waals surface area contributed by atoms with Gasteiger partial charge in [-0.3, -0.25) is 0 Å². The number of nitrogens with one attached hydrogen (secondary N) is 2. The summed E-state index contributed by atoms with van der Waals surface area (Å²) in [6, 6.07) is 4.87. The molecule has 2 N–H and O–H groups in total. The fourth-order valence-electron chi connectivity index (χ4n) is 4.07. The molecular formula is C19H23BrN2O2. The number of benzene rings is 1. The molecule has 1 aromatic carbocycles. The van der Waals surface area contributed by atoms with Crippen LogP contribution in [0.15, 0.2) is 16.6 Å². The Morgan fingerprint density at radius 2 is 2.08 bits per heavy atom. The first kappa shape index (κ1) is 16.2. The molecule has 1 fully saturated rings. The van der Waals surface area contributed by atoms with Crippen molar-refractivity contribution in [3.63, 3.8) is 0 Å². The molecule has 2 aliphatic heterocycles. The summed E-state index contributed by atoms with van der Waals surface area (Å²) < 4.78 is 6.47. The number of piperidine rings is 1. The van der Waals surface area contributed by atoms with Crippen molar-refractivity contribution in [3.8, 4) is 0 Å². The third-order valence-corrected chi connectivity index (χ3v) is 5.58. The van der Waals surface area contributed by atoms with Gasteiger partial charge < -0.3 is 15.0 Å². The number of aromatic amines is 1. The predicted octanol–water partition coefficient (Wildman–Crippen LogP) is 4.63. The van der Waals surface area contributed by atoms with E-state index in [1.54, 1.807) is 0 Å². The first-order valence-electron chi connectivity index (χ1n) is 8.66. The molecule has 0 radical (unpaired) electrons. The topological polar surface area (TPSA) is 54.1 Å². The zero-order chi connectivity index (χ0) is 17.1. The van der Waals surface area contributed by atoms with Gasteiger partial charge in [0, 0.05) is 39.6 Å². The van der Waals surface area contributed by atoms with Crippen LogP contribution in [-0.4, -0.2) is 22.6 Å². The Hall–Kier alpha value is -1.33. The molecule has 0 amide bonds. The van der Waals surface area contributed by atoms with E-state index < -0.39 is 5.60 Å². The van der Waals surface area contributed by atoms with Crippen LogP contribution in [0.25, 0.3) is 10.9 Å². The molecule has 1 aromatic heterocycles. The first-order valence-corrected chi connectivity index (χ1v) is 9.45. The summed E-state index contributed by atoms with van der Waals surface area (Å²) in [7, 11) is 0. The Labute approximate surface area is 150 Å². The van der Waals surface area contributed by atoms with Gasteiger partial charge in [-0.15, -0.1) is 0 Å². The molecule has 2 atom stereocenters. The number of esters is 1. The third-order valence-electron chi connectivity index (χ3n) is 4.92. The minimum Gasteiger partial charge on any atom is -0.456 e. The van der Waals surface area contributed by atoms with Crippen LogP contribution in [0, 0.1) is 0 Å². The lowest BCUT2D eigenvalue weighted by Crippen LogP contribution is -2.42. The number of fused-ring (bicyclic) bond motifs is 6. The van der Waals surface area contributed by atoms with Crippen molar-refractivity contribution in [2.75, 3.05) is 0 Å². The first-order chi connectivity index (χ1) is 11.3. The Morgan fingerprint density at radius 1 is 1.29 bits per heavy atom. The maximum Gasteiger partial charge on any atom is 0.340 e. The van der Waals surface area contributed by atoms with E-state index in [4.69, 9.17) is 4.74 Å². The SMILES string of the molecule is CC(C)(C)OC(=O)c1c(Br)ccc2[nH]c3c(c12)C1CCCC(C3)N1. The Kier molecular flexibility index (Phi) is 3.77. The van der Waals surface area contributed by atoms with Crippen LogP contribution in [0.2, 0.25) is 0 Å². The predicted molar refractivity (Wildman–Crippen MR) is 98.4 cm³/mol.